The van der Waals surface area contributed by atoms with Gasteiger partial charge in [-0.2, -0.15) is 0 Å². The Morgan fingerprint density at radius 3 is 2.38 bits per heavy atom. The zero-order valence-corrected chi connectivity index (χ0v) is 18.3. The lowest BCUT2D eigenvalue weighted by molar-refractivity contribution is -0.384. The molecule has 162 valence electrons. The van der Waals surface area contributed by atoms with Crippen molar-refractivity contribution in [3.8, 4) is 0 Å². The summed E-state index contributed by atoms with van der Waals surface area (Å²) in [6, 6.07) is 19.3. The molecule has 1 aliphatic rings. The first kappa shape index (κ1) is 21.5. The summed E-state index contributed by atoms with van der Waals surface area (Å²) in [6.07, 6.45) is 0. The van der Waals surface area contributed by atoms with Gasteiger partial charge in [-0.3, -0.25) is 14.9 Å². The highest BCUT2D eigenvalue weighted by molar-refractivity contribution is 6.37. The van der Waals surface area contributed by atoms with Crippen molar-refractivity contribution in [1.82, 2.24) is 4.90 Å². The Morgan fingerprint density at radius 2 is 1.75 bits per heavy atom. The molecule has 0 fully saturated rings. The van der Waals surface area contributed by atoms with Crippen LogP contribution in [0.1, 0.15) is 16.7 Å². The minimum atomic E-state index is -0.473. The summed E-state index contributed by atoms with van der Waals surface area (Å²) in [4.78, 5) is 25.9. The average Bonchev–Trinajstić information content (AvgIpc) is 3.08. The number of nitro groups is 1. The molecular weight excluding hydrogens is 428 g/mol. The van der Waals surface area contributed by atoms with E-state index in [1.165, 1.54) is 12.1 Å². The molecule has 4 rings (SSSR count). The number of fused-ring (bicyclic) bond motifs is 1. The van der Waals surface area contributed by atoms with Crippen LogP contribution >= 0.6 is 11.6 Å². The summed E-state index contributed by atoms with van der Waals surface area (Å²) in [6.45, 7) is 0.810. The van der Waals surface area contributed by atoms with Crippen molar-refractivity contribution in [3.63, 3.8) is 0 Å². The molecule has 0 radical (unpaired) electrons. The van der Waals surface area contributed by atoms with Crippen LogP contribution in [-0.2, 0) is 11.3 Å². The Bertz CT molecular complexity index is 1220. The van der Waals surface area contributed by atoms with Gasteiger partial charge in [-0.25, -0.2) is 0 Å². The molecule has 0 aromatic heterocycles. The third kappa shape index (κ3) is 4.49. The molecule has 0 bridgehead atoms. The topological polar surface area (TPSA) is 87.5 Å². The molecule has 7 nitrogen and oxygen atoms in total. The summed E-state index contributed by atoms with van der Waals surface area (Å²) in [5.74, 6) is -0.331. The first-order chi connectivity index (χ1) is 15.3. The van der Waals surface area contributed by atoms with Crippen LogP contribution < -0.4 is 10.6 Å². The summed E-state index contributed by atoms with van der Waals surface area (Å²) >= 11 is 6.07. The fraction of sp³-hybridized carbons (Fsp3) is 0.125. The fourth-order valence-corrected chi connectivity index (χ4v) is 3.74. The molecule has 0 saturated heterocycles. The van der Waals surface area contributed by atoms with Crippen molar-refractivity contribution in [3.05, 3.63) is 98.6 Å². The molecule has 1 heterocycles. The van der Waals surface area contributed by atoms with Crippen LogP contribution in [0.4, 0.5) is 17.1 Å². The van der Waals surface area contributed by atoms with E-state index in [9.17, 15) is 14.9 Å². The Kier molecular flexibility index (Phi) is 5.94. The number of carbonyl (C=O) groups is 1. The maximum absolute atomic E-state index is 12.9. The van der Waals surface area contributed by atoms with Gasteiger partial charge in [-0.15, -0.1) is 0 Å². The monoisotopic (exact) mass is 448 g/mol. The third-order valence-electron chi connectivity index (χ3n) is 5.06. The summed E-state index contributed by atoms with van der Waals surface area (Å²) in [5.41, 5.74) is 4.48. The minimum absolute atomic E-state index is 0.0822. The number of hydrogen-bond acceptors (Lipinski definition) is 5. The highest BCUT2D eigenvalue weighted by atomic mass is 35.5. The van der Waals surface area contributed by atoms with E-state index in [4.69, 9.17) is 11.6 Å². The van der Waals surface area contributed by atoms with Gasteiger partial charge in [-0.1, -0.05) is 35.9 Å². The number of amides is 1. The molecule has 32 heavy (non-hydrogen) atoms. The van der Waals surface area contributed by atoms with Crippen LogP contribution in [-0.4, -0.2) is 29.8 Å². The standard InChI is InChI=1S/C24H21ClN4O3/c1-28(2)14-15-3-9-18(10-4-15)26-23(16-5-7-17(25)8-6-16)22-20-13-19(29(31)32)11-12-21(20)27-24(22)30/h3-13,26H,14H2,1-2H3,(H,27,30)/b23-22-. The molecule has 3 aromatic carbocycles. The van der Waals surface area contributed by atoms with E-state index < -0.39 is 4.92 Å². The van der Waals surface area contributed by atoms with Gasteiger partial charge in [0.05, 0.1) is 16.2 Å². The predicted octanol–water partition coefficient (Wildman–Crippen LogP) is 5.24. The predicted molar refractivity (Wildman–Crippen MR) is 127 cm³/mol. The molecule has 0 unspecified atom stereocenters. The number of hydrogen-bond donors (Lipinski definition) is 2. The fourth-order valence-electron chi connectivity index (χ4n) is 3.62. The van der Waals surface area contributed by atoms with E-state index in [-0.39, 0.29) is 11.6 Å². The molecule has 0 atom stereocenters. The van der Waals surface area contributed by atoms with Crippen molar-refractivity contribution >= 4 is 45.8 Å². The van der Waals surface area contributed by atoms with Crippen molar-refractivity contribution < 1.29 is 9.72 Å². The molecular formula is C24H21ClN4O3. The number of nitrogens with one attached hydrogen (secondary N) is 2. The van der Waals surface area contributed by atoms with E-state index >= 15 is 0 Å². The second-order valence-corrected chi connectivity index (χ2v) is 8.19. The molecule has 8 heteroatoms. The lowest BCUT2D eigenvalue weighted by Gasteiger charge is -2.16. The lowest BCUT2D eigenvalue weighted by atomic mass is 9.99. The number of nitro benzene ring substituents is 1. The molecule has 0 spiro atoms. The van der Waals surface area contributed by atoms with Gasteiger partial charge in [0, 0.05) is 40.6 Å². The highest BCUT2D eigenvalue weighted by Crippen LogP contribution is 2.39. The number of benzene rings is 3. The third-order valence-corrected chi connectivity index (χ3v) is 5.32. The molecule has 2 N–H and O–H groups in total. The van der Waals surface area contributed by atoms with E-state index in [0.717, 1.165) is 23.4 Å². The van der Waals surface area contributed by atoms with Gasteiger partial charge >= 0.3 is 0 Å². The first-order valence-electron chi connectivity index (χ1n) is 9.93. The van der Waals surface area contributed by atoms with Gasteiger partial charge in [-0.05, 0) is 55.6 Å². The number of carbonyl (C=O) groups excluding carboxylic acids is 1. The van der Waals surface area contributed by atoms with Crippen molar-refractivity contribution in [2.45, 2.75) is 6.54 Å². The van der Waals surface area contributed by atoms with E-state index in [1.807, 2.05) is 38.4 Å². The summed E-state index contributed by atoms with van der Waals surface area (Å²) in [7, 11) is 4.01. The van der Waals surface area contributed by atoms with Crippen LogP contribution in [0.15, 0.2) is 66.7 Å². The van der Waals surface area contributed by atoms with Gasteiger partial charge in [0.2, 0.25) is 0 Å². The van der Waals surface area contributed by atoms with Gasteiger partial charge in [0.25, 0.3) is 11.6 Å². The zero-order chi connectivity index (χ0) is 22.8. The summed E-state index contributed by atoms with van der Waals surface area (Å²) < 4.78 is 0. The van der Waals surface area contributed by atoms with Crippen LogP contribution in [0, 0.1) is 10.1 Å². The zero-order valence-electron chi connectivity index (χ0n) is 17.6. The van der Waals surface area contributed by atoms with Crippen LogP contribution in [0.25, 0.3) is 11.3 Å². The summed E-state index contributed by atoms with van der Waals surface area (Å²) in [5, 5.41) is 18.0. The molecule has 3 aromatic rings. The Labute approximate surface area is 190 Å². The second-order valence-electron chi connectivity index (χ2n) is 7.76. The van der Waals surface area contributed by atoms with E-state index in [1.54, 1.807) is 30.3 Å². The maximum atomic E-state index is 12.9. The normalized spacial score (nSPS) is 14.2. The highest BCUT2D eigenvalue weighted by Gasteiger charge is 2.30. The van der Waals surface area contributed by atoms with Gasteiger partial charge in [0.1, 0.15) is 0 Å². The van der Waals surface area contributed by atoms with Crippen LogP contribution in [0.2, 0.25) is 5.02 Å². The van der Waals surface area contributed by atoms with Gasteiger partial charge < -0.3 is 15.5 Å². The Balaban J connectivity index is 1.83. The number of rotatable bonds is 6. The Hall–Kier alpha value is -3.68. The quantitative estimate of drug-likeness (QED) is 0.306. The van der Waals surface area contributed by atoms with E-state index in [2.05, 4.69) is 15.5 Å². The average molecular weight is 449 g/mol. The van der Waals surface area contributed by atoms with Crippen molar-refractivity contribution in [1.29, 1.82) is 0 Å². The van der Waals surface area contributed by atoms with Crippen molar-refractivity contribution in [2.75, 3.05) is 24.7 Å². The molecule has 0 aliphatic carbocycles. The number of anilines is 2. The van der Waals surface area contributed by atoms with E-state index in [0.29, 0.717) is 27.5 Å². The van der Waals surface area contributed by atoms with Gasteiger partial charge in [0.15, 0.2) is 0 Å². The largest absolute Gasteiger partial charge is 0.354 e. The molecule has 0 saturated carbocycles. The lowest BCUT2D eigenvalue weighted by Crippen LogP contribution is -2.11. The molecule has 1 amide bonds. The smallest absolute Gasteiger partial charge is 0.270 e. The second kappa shape index (κ2) is 8.82. The first-order valence-corrected chi connectivity index (χ1v) is 10.3. The maximum Gasteiger partial charge on any atom is 0.270 e. The minimum Gasteiger partial charge on any atom is -0.354 e. The van der Waals surface area contributed by atoms with Crippen LogP contribution in [0.3, 0.4) is 0 Å². The number of nitrogens with zero attached hydrogens (tertiary/aromatic N) is 2. The number of halogens is 1. The van der Waals surface area contributed by atoms with Crippen LogP contribution in [0.5, 0.6) is 0 Å². The number of non-ortho nitro benzene ring substituents is 1. The molecule has 1 aliphatic heterocycles. The Morgan fingerprint density at radius 1 is 1.06 bits per heavy atom. The SMILES string of the molecule is CN(C)Cc1ccc(N/C(=C2\C(=O)Nc3ccc([N+](=O)[O-])cc32)c2ccc(Cl)cc2)cc1. The van der Waals surface area contributed by atoms with Crippen molar-refractivity contribution in [2.24, 2.45) is 0 Å².